The van der Waals surface area contributed by atoms with Gasteiger partial charge in [-0.05, 0) is 37.2 Å². The van der Waals surface area contributed by atoms with Gasteiger partial charge in [0.1, 0.15) is 0 Å². The van der Waals surface area contributed by atoms with Gasteiger partial charge in [0.05, 0.1) is 16.6 Å². The van der Waals surface area contributed by atoms with Crippen LogP contribution < -0.4 is 5.32 Å². The molecule has 8 nitrogen and oxygen atoms in total. The highest BCUT2D eigenvalue weighted by Gasteiger charge is 2.30. The Kier molecular flexibility index (Phi) is 5.34. The van der Waals surface area contributed by atoms with Gasteiger partial charge in [-0.3, -0.25) is 19.3 Å². The van der Waals surface area contributed by atoms with E-state index < -0.39 is 0 Å². The maximum atomic E-state index is 13.0. The van der Waals surface area contributed by atoms with Crippen LogP contribution in [0.5, 0.6) is 0 Å². The van der Waals surface area contributed by atoms with Crippen molar-refractivity contribution in [1.29, 1.82) is 0 Å². The predicted molar refractivity (Wildman–Crippen MR) is 110 cm³/mol. The molecule has 0 aromatic carbocycles. The maximum Gasteiger partial charge on any atom is 0.259 e. The monoisotopic (exact) mass is 412 g/mol. The summed E-state index contributed by atoms with van der Waals surface area (Å²) >= 11 is 0. The SMILES string of the molecule is CC(C)(C)Cc1noc2nc(C3CC3)cc(C(=O)NCCCN3C(=O)CCC3=O)c12. The lowest BCUT2D eigenvalue weighted by Gasteiger charge is -2.16. The minimum absolute atomic E-state index is 0.0124. The van der Waals surface area contributed by atoms with Gasteiger partial charge in [-0.2, -0.15) is 0 Å². The van der Waals surface area contributed by atoms with Gasteiger partial charge in [-0.15, -0.1) is 0 Å². The highest BCUT2D eigenvalue weighted by molar-refractivity contribution is 6.06. The summed E-state index contributed by atoms with van der Waals surface area (Å²) in [5.74, 6) is -0.0916. The molecule has 1 saturated carbocycles. The van der Waals surface area contributed by atoms with E-state index in [2.05, 4.69) is 36.2 Å². The molecule has 4 rings (SSSR count). The van der Waals surface area contributed by atoms with E-state index in [1.807, 2.05) is 6.07 Å². The maximum absolute atomic E-state index is 13.0. The number of hydrogen-bond donors (Lipinski definition) is 1. The number of fused-ring (bicyclic) bond motifs is 1. The Morgan fingerprint density at radius 1 is 1.23 bits per heavy atom. The van der Waals surface area contributed by atoms with Crippen molar-refractivity contribution < 1.29 is 18.9 Å². The van der Waals surface area contributed by atoms with Gasteiger partial charge in [-0.1, -0.05) is 25.9 Å². The van der Waals surface area contributed by atoms with Crippen LogP contribution in [0.25, 0.3) is 11.1 Å². The fourth-order valence-electron chi connectivity index (χ4n) is 3.83. The molecular formula is C22H28N4O4. The van der Waals surface area contributed by atoms with Crippen molar-refractivity contribution in [3.05, 3.63) is 23.0 Å². The van der Waals surface area contributed by atoms with Crippen molar-refractivity contribution in [1.82, 2.24) is 20.4 Å². The van der Waals surface area contributed by atoms with Crippen LogP contribution >= 0.6 is 0 Å². The Labute approximate surface area is 175 Å². The number of carbonyl (C=O) groups is 3. The zero-order chi connectivity index (χ0) is 21.5. The Balaban J connectivity index is 1.50. The van der Waals surface area contributed by atoms with Crippen molar-refractivity contribution in [2.45, 2.75) is 65.2 Å². The van der Waals surface area contributed by atoms with Crippen molar-refractivity contribution in [3.63, 3.8) is 0 Å². The molecule has 0 bridgehead atoms. The molecule has 2 aliphatic rings. The molecule has 1 aliphatic heterocycles. The minimum atomic E-state index is -0.207. The number of amides is 3. The zero-order valence-electron chi connectivity index (χ0n) is 17.8. The molecule has 3 heterocycles. The first-order valence-electron chi connectivity index (χ1n) is 10.6. The lowest BCUT2D eigenvalue weighted by Crippen LogP contribution is -2.33. The van der Waals surface area contributed by atoms with Crippen molar-refractivity contribution >= 4 is 28.8 Å². The first-order chi connectivity index (χ1) is 14.2. The van der Waals surface area contributed by atoms with Gasteiger partial charge < -0.3 is 9.84 Å². The summed E-state index contributed by atoms with van der Waals surface area (Å²) in [5, 5.41) is 7.81. The smallest absolute Gasteiger partial charge is 0.259 e. The second-order valence-corrected chi connectivity index (χ2v) is 9.46. The fourth-order valence-corrected chi connectivity index (χ4v) is 3.83. The Morgan fingerprint density at radius 2 is 1.93 bits per heavy atom. The van der Waals surface area contributed by atoms with E-state index in [4.69, 9.17) is 4.52 Å². The summed E-state index contributed by atoms with van der Waals surface area (Å²) in [7, 11) is 0. The summed E-state index contributed by atoms with van der Waals surface area (Å²) < 4.78 is 5.50. The van der Waals surface area contributed by atoms with E-state index in [1.165, 1.54) is 4.90 Å². The van der Waals surface area contributed by atoms with Gasteiger partial charge >= 0.3 is 0 Å². The van der Waals surface area contributed by atoms with Crippen LogP contribution in [0.1, 0.15) is 80.5 Å². The average Bonchev–Trinajstić information content (AvgIpc) is 3.39. The van der Waals surface area contributed by atoms with Crippen LogP contribution in [0.4, 0.5) is 0 Å². The van der Waals surface area contributed by atoms with Crippen molar-refractivity contribution in [2.24, 2.45) is 5.41 Å². The Bertz CT molecular complexity index is 984. The van der Waals surface area contributed by atoms with Gasteiger partial charge in [-0.25, -0.2) is 4.98 Å². The van der Waals surface area contributed by atoms with Gasteiger partial charge in [0, 0.05) is 37.5 Å². The van der Waals surface area contributed by atoms with E-state index >= 15 is 0 Å². The summed E-state index contributed by atoms with van der Waals surface area (Å²) in [6, 6.07) is 1.87. The van der Waals surface area contributed by atoms with E-state index in [9.17, 15) is 14.4 Å². The third-order valence-electron chi connectivity index (χ3n) is 5.47. The van der Waals surface area contributed by atoms with E-state index in [0.29, 0.717) is 48.5 Å². The number of pyridine rings is 1. The first kappa shape index (κ1) is 20.5. The molecule has 0 atom stereocenters. The topological polar surface area (TPSA) is 105 Å². The summed E-state index contributed by atoms with van der Waals surface area (Å²) in [6.07, 6.45) is 3.90. The molecular weight excluding hydrogens is 384 g/mol. The summed E-state index contributed by atoms with van der Waals surface area (Å²) in [6.45, 7) is 7.04. The largest absolute Gasteiger partial charge is 0.352 e. The lowest BCUT2D eigenvalue weighted by atomic mass is 9.89. The Hall–Kier alpha value is -2.77. The molecule has 3 amide bonds. The molecule has 30 heavy (non-hydrogen) atoms. The molecule has 0 unspecified atom stereocenters. The second-order valence-electron chi connectivity index (χ2n) is 9.46. The van der Waals surface area contributed by atoms with Crippen LogP contribution in [0, 0.1) is 5.41 Å². The average molecular weight is 412 g/mol. The standard InChI is InChI=1S/C22H28N4O4/c1-22(2,3)12-16-19-14(11-15(13-5-6-13)24-21(19)30-25-16)20(29)23-9-4-10-26-17(27)7-8-18(26)28/h11,13H,4-10,12H2,1-3H3,(H,23,29). The highest BCUT2D eigenvalue weighted by Crippen LogP contribution is 2.40. The third kappa shape index (κ3) is 4.37. The predicted octanol–water partition coefficient (Wildman–Crippen LogP) is 2.96. The number of aromatic nitrogens is 2. The van der Waals surface area contributed by atoms with Crippen LogP contribution in [-0.2, 0) is 16.0 Å². The fraction of sp³-hybridized carbons (Fsp3) is 0.591. The van der Waals surface area contributed by atoms with Crippen LogP contribution in [0.2, 0.25) is 0 Å². The minimum Gasteiger partial charge on any atom is -0.352 e. The first-order valence-corrected chi connectivity index (χ1v) is 10.6. The molecule has 160 valence electrons. The summed E-state index contributed by atoms with van der Waals surface area (Å²) in [5.41, 5.74) is 2.56. The van der Waals surface area contributed by atoms with Crippen molar-refractivity contribution in [3.8, 4) is 0 Å². The second kappa shape index (κ2) is 7.81. The van der Waals surface area contributed by atoms with E-state index in [1.54, 1.807) is 0 Å². The molecule has 0 radical (unpaired) electrons. The van der Waals surface area contributed by atoms with Crippen LogP contribution in [0.3, 0.4) is 0 Å². The molecule has 0 spiro atoms. The highest BCUT2D eigenvalue weighted by atomic mass is 16.5. The number of nitrogens with zero attached hydrogens (tertiary/aromatic N) is 3. The lowest BCUT2D eigenvalue weighted by molar-refractivity contribution is -0.138. The molecule has 2 fully saturated rings. The van der Waals surface area contributed by atoms with Gasteiger partial charge in [0.2, 0.25) is 11.8 Å². The molecule has 1 saturated heterocycles. The zero-order valence-corrected chi connectivity index (χ0v) is 17.8. The molecule has 1 N–H and O–H groups in total. The van der Waals surface area contributed by atoms with Crippen molar-refractivity contribution in [2.75, 3.05) is 13.1 Å². The Morgan fingerprint density at radius 3 is 2.57 bits per heavy atom. The van der Waals surface area contributed by atoms with Crippen LogP contribution in [0.15, 0.2) is 10.6 Å². The number of imide groups is 1. The number of likely N-dealkylation sites (tertiary alicyclic amines) is 1. The third-order valence-corrected chi connectivity index (χ3v) is 5.47. The molecule has 2 aromatic heterocycles. The summed E-state index contributed by atoms with van der Waals surface area (Å²) in [4.78, 5) is 42.3. The number of hydrogen-bond acceptors (Lipinski definition) is 6. The van der Waals surface area contributed by atoms with Gasteiger partial charge in [0.15, 0.2) is 0 Å². The molecule has 1 aliphatic carbocycles. The number of carbonyl (C=O) groups excluding carboxylic acids is 3. The quantitative estimate of drug-likeness (QED) is 0.554. The number of rotatable bonds is 7. The molecule has 2 aromatic rings. The van der Waals surface area contributed by atoms with Gasteiger partial charge in [0.25, 0.3) is 11.6 Å². The normalized spacial score (nSPS) is 17.2. The molecule has 8 heteroatoms. The van der Waals surface area contributed by atoms with E-state index in [-0.39, 0.29) is 36.0 Å². The van der Waals surface area contributed by atoms with Crippen LogP contribution in [-0.4, -0.2) is 45.9 Å². The number of nitrogens with one attached hydrogen (secondary N) is 1. The van der Waals surface area contributed by atoms with E-state index in [0.717, 1.165) is 24.2 Å².